The molecule has 0 unspecified atom stereocenters. The van der Waals surface area contributed by atoms with Crippen molar-refractivity contribution in [3.63, 3.8) is 0 Å². The molecule has 0 aliphatic carbocycles. The maximum atomic E-state index is 13.8. The Balaban J connectivity index is 0.00000204. The van der Waals surface area contributed by atoms with Crippen LogP contribution >= 0.6 is 0 Å². The zero-order chi connectivity index (χ0) is 35.9. The average molecular weight is 685 g/mol. The zero-order valence-electron chi connectivity index (χ0n) is 26.6. The Bertz CT molecular complexity index is 1390. The van der Waals surface area contributed by atoms with Crippen LogP contribution in [-0.2, 0) is 45.3 Å². The highest BCUT2D eigenvalue weighted by Crippen LogP contribution is 2.15. The predicted molar refractivity (Wildman–Crippen MR) is 170 cm³/mol. The van der Waals surface area contributed by atoms with Gasteiger partial charge in [0.2, 0.25) is 29.5 Å². The van der Waals surface area contributed by atoms with E-state index < -0.39 is 88.7 Å². The molecule has 19 heteroatoms. The number of hydrogen-bond acceptors (Lipinski definition) is 9. The molecule has 0 bridgehead atoms. The molecule has 0 spiro atoms. The first-order valence-corrected chi connectivity index (χ1v) is 16.3. The second-order valence-corrected chi connectivity index (χ2v) is 12.5. The largest absolute Gasteiger partial charge is 0.481 e. The van der Waals surface area contributed by atoms with Gasteiger partial charge in [-0.1, -0.05) is 44.2 Å². The van der Waals surface area contributed by atoms with Crippen molar-refractivity contribution < 1.29 is 46.8 Å². The van der Waals surface area contributed by atoms with Crippen molar-refractivity contribution >= 4 is 51.6 Å². The number of carboxylic acids is 1. The van der Waals surface area contributed by atoms with E-state index in [4.69, 9.17) is 16.0 Å². The molecule has 1 aliphatic heterocycles. The highest BCUT2D eigenvalue weighted by molar-refractivity contribution is 7.85. The number of nitrogens with one attached hydrogen (secondary N) is 4. The summed E-state index contributed by atoms with van der Waals surface area (Å²) in [6, 6.07) is 3.92. The van der Waals surface area contributed by atoms with Gasteiger partial charge >= 0.3 is 5.97 Å². The lowest BCUT2D eigenvalue weighted by atomic mass is 9.98. The van der Waals surface area contributed by atoms with E-state index in [0.717, 1.165) is 0 Å². The number of guanidine groups is 1. The summed E-state index contributed by atoms with van der Waals surface area (Å²) in [5.74, 6) is -5.58. The molecule has 0 aromatic heterocycles. The number of aliphatic carboxylic acids is 1. The monoisotopic (exact) mass is 684 g/mol. The number of benzene rings is 1. The van der Waals surface area contributed by atoms with Crippen LogP contribution in [0.15, 0.2) is 35.3 Å². The number of carboxylic acid groups (broad SMARTS) is 1. The van der Waals surface area contributed by atoms with Crippen LogP contribution in [0.5, 0.6) is 0 Å². The van der Waals surface area contributed by atoms with Gasteiger partial charge in [0.25, 0.3) is 10.1 Å². The minimum absolute atomic E-state index is 0.0311. The molecule has 47 heavy (non-hydrogen) atoms. The summed E-state index contributed by atoms with van der Waals surface area (Å²) in [6.07, 6.45) is 0.394. The Kier molecular flexibility index (Phi) is 16.3. The van der Waals surface area contributed by atoms with Gasteiger partial charge < -0.3 is 42.7 Å². The summed E-state index contributed by atoms with van der Waals surface area (Å²) in [5.41, 5.74) is 11.4. The molecule has 262 valence electrons. The van der Waals surface area contributed by atoms with Crippen molar-refractivity contribution in [3.8, 4) is 0 Å². The minimum atomic E-state index is -3.67. The first-order chi connectivity index (χ1) is 21.8. The van der Waals surface area contributed by atoms with Gasteiger partial charge in [0.1, 0.15) is 24.2 Å². The third-order valence-corrected chi connectivity index (χ3v) is 6.59. The second-order valence-electron chi connectivity index (χ2n) is 11.1. The number of likely N-dealkylation sites (N-methyl/N-ethyl adjacent to an activating group) is 1. The standard InChI is InChI=1S/C27H40N8O7.CH4O3S/c1-15(2)22-25(41)33-17(10-7-11-30-27(28)29)23(39)31-14-20(36)32-18(13-21(37)38)24(40)34-19(26(42)35(22)3)12-16-8-5-4-6-9-16;1-5(2,3)4/h4-6,8-9,15,17-19,22H,7,10-14H2,1-3H3,(H,31,39)(H,32,36)(H,33,41)(H,34,40)(H,37,38)(H4,28,29,30);1H3,(H,2,3,4)/t17-,18-,19+,22-;/m0./s1. The van der Waals surface area contributed by atoms with Gasteiger partial charge in [-0.2, -0.15) is 8.42 Å². The molecule has 1 fully saturated rings. The van der Waals surface area contributed by atoms with Gasteiger partial charge in [-0.15, -0.1) is 0 Å². The average Bonchev–Trinajstić information content (AvgIpc) is 2.95. The Labute approximate surface area is 272 Å². The maximum absolute atomic E-state index is 13.8. The highest BCUT2D eigenvalue weighted by atomic mass is 32.2. The van der Waals surface area contributed by atoms with E-state index >= 15 is 0 Å². The van der Waals surface area contributed by atoms with Crippen molar-refractivity contribution in [2.45, 2.75) is 63.7 Å². The Morgan fingerprint density at radius 3 is 2.09 bits per heavy atom. The van der Waals surface area contributed by atoms with E-state index in [-0.39, 0.29) is 25.3 Å². The first kappa shape index (κ1) is 40.2. The lowest BCUT2D eigenvalue weighted by molar-refractivity contribution is -0.144. The van der Waals surface area contributed by atoms with Crippen LogP contribution < -0.4 is 32.7 Å². The van der Waals surface area contributed by atoms with Crippen molar-refractivity contribution in [1.82, 2.24) is 26.2 Å². The molecule has 1 aromatic carbocycles. The number of amides is 5. The molecule has 2 rings (SSSR count). The van der Waals surface area contributed by atoms with Gasteiger partial charge in [-0.25, -0.2) is 0 Å². The smallest absolute Gasteiger partial charge is 0.305 e. The van der Waals surface area contributed by atoms with Crippen molar-refractivity contribution in [3.05, 3.63) is 35.9 Å². The third-order valence-electron chi connectivity index (χ3n) is 6.59. The summed E-state index contributed by atoms with van der Waals surface area (Å²) in [5, 5.41) is 19.3. The van der Waals surface area contributed by atoms with Gasteiger partial charge in [0.15, 0.2) is 5.96 Å². The van der Waals surface area contributed by atoms with E-state index in [1.807, 2.05) is 0 Å². The van der Waals surface area contributed by atoms with E-state index in [2.05, 4.69) is 26.3 Å². The van der Waals surface area contributed by atoms with Gasteiger partial charge in [-0.3, -0.25) is 38.3 Å². The van der Waals surface area contributed by atoms with Crippen molar-refractivity contribution in [1.29, 1.82) is 0 Å². The number of aliphatic imine (C=N–C) groups is 1. The second kappa shape index (κ2) is 19.0. The summed E-state index contributed by atoms with van der Waals surface area (Å²) in [7, 11) is -2.25. The predicted octanol–water partition coefficient (Wildman–Crippen LogP) is -2.67. The van der Waals surface area contributed by atoms with E-state index in [0.29, 0.717) is 18.2 Å². The van der Waals surface area contributed by atoms with Crippen molar-refractivity contribution in [2.75, 3.05) is 26.4 Å². The van der Waals surface area contributed by atoms with Crippen LogP contribution in [0.1, 0.15) is 38.7 Å². The SMILES string of the molecule is CC(C)[C@H]1C(=O)N[C@@H](CCCN=C(N)N)C(=O)NCC(=O)N[C@@H](CC(=O)O)C(=O)N[C@H](Cc2ccccc2)C(=O)N1C.CS(=O)(=O)O. The van der Waals surface area contributed by atoms with E-state index in [9.17, 15) is 42.3 Å². The number of carbonyl (C=O) groups excluding carboxylic acids is 5. The summed E-state index contributed by atoms with van der Waals surface area (Å²) in [6.45, 7) is 3.04. The number of hydrogen-bond donors (Lipinski definition) is 8. The molecule has 10 N–H and O–H groups in total. The summed E-state index contributed by atoms with van der Waals surface area (Å²) in [4.78, 5) is 82.8. The van der Waals surface area contributed by atoms with Gasteiger partial charge in [-0.05, 0) is 24.3 Å². The normalized spacial score (nSPS) is 21.5. The molecule has 1 saturated heterocycles. The van der Waals surface area contributed by atoms with E-state index in [1.165, 1.54) is 11.9 Å². The van der Waals surface area contributed by atoms with Crippen LogP contribution in [0.2, 0.25) is 0 Å². The van der Waals surface area contributed by atoms with Crippen LogP contribution in [0, 0.1) is 5.92 Å². The van der Waals surface area contributed by atoms with Gasteiger partial charge in [0.05, 0.1) is 19.2 Å². The molecule has 0 saturated carbocycles. The molecular weight excluding hydrogens is 640 g/mol. The summed E-state index contributed by atoms with van der Waals surface area (Å²) >= 11 is 0. The third kappa shape index (κ3) is 15.9. The Hall–Kier alpha value is -4.78. The van der Waals surface area contributed by atoms with Crippen molar-refractivity contribution in [2.24, 2.45) is 22.4 Å². The molecule has 1 heterocycles. The molecular formula is C28H44N8O10S. The Morgan fingerprint density at radius 2 is 1.55 bits per heavy atom. The molecule has 1 aliphatic rings. The minimum Gasteiger partial charge on any atom is -0.481 e. The fourth-order valence-corrected chi connectivity index (χ4v) is 4.58. The molecule has 5 amide bonds. The van der Waals surface area contributed by atoms with Crippen LogP contribution in [0.25, 0.3) is 0 Å². The van der Waals surface area contributed by atoms with Gasteiger partial charge in [0, 0.05) is 20.0 Å². The van der Waals surface area contributed by atoms with Crippen LogP contribution in [-0.4, -0.2) is 115 Å². The summed E-state index contributed by atoms with van der Waals surface area (Å²) < 4.78 is 25.9. The zero-order valence-corrected chi connectivity index (χ0v) is 27.5. The molecule has 4 atom stereocenters. The lowest BCUT2D eigenvalue weighted by Crippen LogP contribution is -2.59. The number of rotatable bonds is 9. The number of nitrogens with two attached hydrogens (primary N) is 2. The lowest BCUT2D eigenvalue weighted by Gasteiger charge is -2.34. The van der Waals surface area contributed by atoms with E-state index in [1.54, 1.807) is 44.2 Å². The fourth-order valence-electron chi connectivity index (χ4n) is 4.58. The maximum Gasteiger partial charge on any atom is 0.305 e. The Morgan fingerprint density at radius 1 is 0.979 bits per heavy atom. The van der Waals surface area contributed by atoms with Crippen LogP contribution in [0.4, 0.5) is 0 Å². The highest BCUT2D eigenvalue weighted by Gasteiger charge is 2.37. The number of carbonyl (C=O) groups is 6. The fraction of sp³-hybridized carbons (Fsp3) is 0.536. The van der Waals surface area contributed by atoms with Crippen LogP contribution in [0.3, 0.4) is 0 Å². The molecule has 18 nitrogen and oxygen atoms in total. The topological polar surface area (TPSA) is 293 Å². The molecule has 0 radical (unpaired) electrons. The quantitative estimate of drug-likeness (QED) is 0.0572. The number of nitrogens with zero attached hydrogens (tertiary/aromatic N) is 2. The first-order valence-electron chi connectivity index (χ1n) is 14.5. The molecule has 1 aromatic rings.